The molecule has 1 amide bonds. The van der Waals surface area contributed by atoms with Crippen LogP contribution in [0, 0.1) is 11.3 Å². The van der Waals surface area contributed by atoms with E-state index in [1.54, 1.807) is 24.3 Å². The number of sulfonamides is 1. The number of anilines is 2. The molecule has 2 aromatic carbocycles. The van der Waals surface area contributed by atoms with Gasteiger partial charge in [-0.1, -0.05) is 24.2 Å². The Morgan fingerprint density at radius 2 is 2.03 bits per heavy atom. The number of rotatable bonds is 7. The van der Waals surface area contributed by atoms with Crippen LogP contribution in [0.4, 0.5) is 11.6 Å². The summed E-state index contributed by atoms with van der Waals surface area (Å²) >= 11 is 0. The van der Waals surface area contributed by atoms with Crippen molar-refractivity contribution in [1.29, 1.82) is 5.26 Å². The van der Waals surface area contributed by atoms with E-state index in [9.17, 15) is 13.2 Å². The van der Waals surface area contributed by atoms with Crippen molar-refractivity contribution in [2.75, 3.05) is 17.1 Å². The van der Waals surface area contributed by atoms with Crippen LogP contribution in [0.15, 0.2) is 51.9 Å². The SMILES string of the molecule is CCc1noc(NC(C)=O)c1-c1ccc(OC)c(S(=O)(=O)Nc2cccc(C#N)c2)c1. The number of aryl methyl sites for hydroxylation is 1. The van der Waals surface area contributed by atoms with Crippen molar-refractivity contribution < 1.29 is 22.5 Å². The molecule has 1 aromatic heterocycles. The molecule has 0 aliphatic heterocycles. The lowest BCUT2D eigenvalue weighted by atomic mass is 10.0. The number of nitrogens with zero attached hydrogens (tertiary/aromatic N) is 2. The lowest BCUT2D eigenvalue weighted by molar-refractivity contribution is -0.114. The number of amides is 1. The quantitative estimate of drug-likeness (QED) is 0.574. The second-order valence-corrected chi connectivity index (χ2v) is 8.18. The molecule has 160 valence electrons. The van der Waals surface area contributed by atoms with Gasteiger partial charge < -0.3 is 9.26 Å². The van der Waals surface area contributed by atoms with Crippen molar-refractivity contribution in [2.24, 2.45) is 0 Å². The first-order valence-electron chi connectivity index (χ1n) is 9.26. The van der Waals surface area contributed by atoms with E-state index < -0.39 is 10.0 Å². The second-order valence-electron chi connectivity index (χ2n) is 6.53. The summed E-state index contributed by atoms with van der Waals surface area (Å²) in [5.74, 6) is -0.0868. The highest BCUT2D eigenvalue weighted by molar-refractivity contribution is 7.92. The molecule has 0 spiro atoms. The van der Waals surface area contributed by atoms with E-state index in [-0.39, 0.29) is 28.1 Å². The molecule has 0 bridgehead atoms. The maximum atomic E-state index is 13.1. The molecule has 31 heavy (non-hydrogen) atoms. The Labute approximate surface area is 179 Å². The largest absolute Gasteiger partial charge is 0.495 e. The third kappa shape index (κ3) is 4.67. The number of nitrogens with one attached hydrogen (secondary N) is 2. The number of aromatic nitrogens is 1. The molecule has 0 saturated carbocycles. The minimum Gasteiger partial charge on any atom is -0.495 e. The van der Waals surface area contributed by atoms with Gasteiger partial charge >= 0.3 is 0 Å². The lowest BCUT2D eigenvalue weighted by Gasteiger charge is -2.14. The molecule has 0 radical (unpaired) electrons. The standard InChI is InChI=1S/C21H20N4O5S/c1-4-17-20(21(30-24-17)23-13(2)26)15-8-9-18(29-3)19(11-15)31(27,28)25-16-7-5-6-14(10-16)12-22/h5-11,25H,4H2,1-3H3,(H,23,26). The molecule has 0 aliphatic rings. The normalized spacial score (nSPS) is 10.9. The van der Waals surface area contributed by atoms with Crippen LogP contribution < -0.4 is 14.8 Å². The van der Waals surface area contributed by atoms with Gasteiger partial charge in [0.1, 0.15) is 10.6 Å². The Balaban J connectivity index is 2.11. The van der Waals surface area contributed by atoms with E-state index in [0.29, 0.717) is 28.8 Å². The van der Waals surface area contributed by atoms with Crippen LogP contribution in [0.3, 0.4) is 0 Å². The van der Waals surface area contributed by atoms with Crippen LogP contribution in [-0.2, 0) is 21.2 Å². The molecule has 0 aliphatic carbocycles. The summed E-state index contributed by atoms with van der Waals surface area (Å²) in [5, 5.41) is 15.6. The van der Waals surface area contributed by atoms with Gasteiger partial charge in [-0.05, 0) is 42.3 Å². The first-order valence-corrected chi connectivity index (χ1v) is 10.7. The summed E-state index contributed by atoms with van der Waals surface area (Å²) in [5.41, 5.74) is 2.09. The Hall–Kier alpha value is -3.84. The van der Waals surface area contributed by atoms with Crippen LogP contribution in [0.2, 0.25) is 0 Å². The highest BCUT2D eigenvalue weighted by Gasteiger charge is 2.24. The van der Waals surface area contributed by atoms with Crippen molar-refractivity contribution >= 4 is 27.5 Å². The molecule has 1 heterocycles. The Morgan fingerprint density at radius 3 is 2.68 bits per heavy atom. The number of methoxy groups -OCH3 is 1. The number of carbonyl (C=O) groups excluding carboxylic acids is 1. The summed E-state index contributed by atoms with van der Waals surface area (Å²) in [7, 11) is -2.71. The van der Waals surface area contributed by atoms with Gasteiger partial charge in [0.2, 0.25) is 11.8 Å². The average Bonchev–Trinajstić information content (AvgIpc) is 3.14. The molecule has 0 saturated heterocycles. The Kier molecular flexibility index (Phi) is 6.27. The molecular weight excluding hydrogens is 420 g/mol. The van der Waals surface area contributed by atoms with Crippen molar-refractivity contribution in [3.05, 3.63) is 53.7 Å². The minimum atomic E-state index is -4.07. The first kappa shape index (κ1) is 21.9. The number of nitriles is 1. The average molecular weight is 440 g/mol. The predicted octanol–water partition coefficient (Wildman–Crippen LogP) is 3.54. The maximum absolute atomic E-state index is 13.1. The van der Waals surface area contributed by atoms with Crippen LogP contribution in [-0.4, -0.2) is 26.6 Å². The van der Waals surface area contributed by atoms with Gasteiger partial charge in [-0.3, -0.25) is 14.8 Å². The van der Waals surface area contributed by atoms with Crippen molar-refractivity contribution in [1.82, 2.24) is 5.16 Å². The van der Waals surface area contributed by atoms with Crippen LogP contribution >= 0.6 is 0 Å². The third-order valence-corrected chi connectivity index (χ3v) is 5.78. The molecular formula is C21H20N4O5S. The molecule has 10 heteroatoms. The fourth-order valence-electron chi connectivity index (χ4n) is 3.01. The van der Waals surface area contributed by atoms with Crippen LogP contribution in [0.5, 0.6) is 5.75 Å². The molecule has 9 nitrogen and oxygen atoms in total. The highest BCUT2D eigenvalue weighted by Crippen LogP contribution is 2.36. The zero-order valence-electron chi connectivity index (χ0n) is 17.1. The lowest BCUT2D eigenvalue weighted by Crippen LogP contribution is -2.14. The maximum Gasteiger partial charge on any atom is 0.265 e. The van der Waals surface area contributed by atoms with E-state index >= 15 is 0 Å². The van der Waals surface area contributed by atoms with Gasteiger partial charge in [-0.15, -0.1) is 0 Å². The van der Waals surface area contributed by atoms with Gasteiger partial charge in [-0.25, -0.2) is 8.42 Å². The molecule has 2 N–H and O–H groups in total. The van der Waals surface area contributed by atoms with Crippen molar-refractivity contribution in [2.45, 2.75) is 25.2 Å². The molecule has 0 atom stereocenters. The fraction of sp³-hybridized carbons (Fsp3) is 0.190. The monoisotopic (exact) mass is 440 g/mol. The first-order chi connectivity index (χ1) is 14.8. The van der Waals surface area contributed by atoms with Gasteiger partial charge in [0.05, 0.1) is 35.7 Å². The topological polar surface area (TPSA) is 134 Å². The van der Waals surface area contributed by atoms with E-state index in [1.807, 2.05) is 13.0 Å². The Morgan fingerprint density at radius 1 is 1.26 bits per heavy atom. The van der Waals surface area contributed by atoms with E-state index in [0.717, 1.165) is 0 Å². The third-order valence-electron chi connectivity index (χ3n) is 4.37. The molecule has 3 aromatic rings. The highest BCUT2D eigenvalue weighted by atomic mass is 32.2. The predicted molar refractivity (Wildman–Crippen MR) is 114 cm³/mol. The van der Waals surface area contributed by atoms with E-state index in [1.165, 1.54) is 32.2 Å². The second kappa shape index (κ2) is 8.89. The molecule has 3 rings (SSSR count). The number of ether oxygens (including phenoxy) is 1. The van der Waals surface area contributed by atoms with Crippen molar-refractivity contribution in [3.63, 3.8) is 0 Å². The summed E-state index contributed by atoms with van der Waals surface area (Å²) in [6.45, 7) is 3.20. The smallest absolute Gasteiger partial charge is 0.265 e. The Bertz CT molecular complexity index is 1280. The summed E-state index contributed by atoms with van der Waals surface area (Å²) < 4.78 is 39.2. The summed E-state index contributed by atoms with van der Waals surface area (Å²) in [4.78, 5) is 11.4. The number of benzene rings is 2. The van der Waals surface area contributed by atoms with Gasteiger partial charge in [-0.2, -0.15) is 5.26 Å². The van der Waals surface area contributed by atoms with Gasteiger partial charge in [0, 0.05) is 6.92 Å². The van der Waals surface area contributed by atoms with Crippen LogP contribution in [0.1, 0.15) is 25.1 Å². The molecule has 0 fully saturated rings. The van der Waals surface area contributed by atoms with Crippen LogP contribution in [0.25, 0.3) is 11.1 Å². The molecule has 0 unspecified atom stereocenters. The minimum absolute atomic E-state index is 0.119. The van der Waals surface area contributed by atoms with Gasteiger partial charge in [0.15, 0.2) is 0 Å². The zero-order valence-corrected chi connectivity index (χ0v) is 17.9. The van der Waals surface area contributed by atoms with E-state index in [2.05, 4.69) is 15.2 Å². The van der Waals surface area contributed by atoms with E-state index in [4.69, 9.17) is 14.5 Å². The summed E-state index contributed by atoms with van der Waals surface area (Å²) in [6, 6.07) is 12.7. The van der Waals surface area contributed by atoms with Crippen molar-refractivity contribution in [3.8, 4) is 22.9 Å². The fourth-order valence-corrected chi connectivity index (χ4v) is 4.26. The van der Waals surface area contributed by atoms with Gasteiger partial charge in [0.25, 0.3) is 10.0 Å². The number of hydrogen-bond donors (Lipinski definition) is 2. The number of hydrogen-bond acceptors (Lipinski definition) is 7. The summed E-state index contributed by atoms with van der Waals surface area (Å²) in [6.07, 6.45) is 0.506. The zero-order chi connectivity index (χ0) is 22.6. The number of carbonyl (C=O) groups is 1.